The van der Waals surface area contributed by atoms with Crippen molar-refractivity contribution in [3.8, 4) is 0 Å². The van der Waals surface area contributed by atoms with Crippen LogP contribution in [0.25, 0.3) is 0 Å². The molecular weight excluding hydrogens is 461 g/mol. The highest BCUT2D eigenvalue weighted by atomic mass is 127. The molecular formula is C19H34IN3O2S. The number of halogens is 1. The molecule has 0 amide bonds. The molecule has 0 heterocycles. The van der Waals surface area contributed by atoms with Crippen LogP contribution in [0.2, 0.25) is 0 Å². The van der Waals surface area contributed by atoms with Crippen molar-refractivity contribution in [2.75, 3.05) is 18.8 Å². The van der Waals surface area contributed by atoms with E-state index in [1.54, 1.807) is 24.3 Å². The lowest BCUT2D eigenvalue weighted by Crippen LogP contribution is -2.42. The fourth-order valence-electron chi connectivity index (χ4n) is 2.40. The number of rotatable bonds is 10. The molecule has 1 atom stereocenters. The Balaban J connectivity index is 0.00000625. The third-order valence-corrected chi connectivity index (χ3v) is 5.66. The second kappa shape index (κ2) is 13.4. The Morgan fingerprint density at radius 3 is 2.35 bits per heavy atom. The second-order valence-electron chi connectivity index (χ2n) is 6.76. The summed E-state index contributed by atoms with van der Waals surface area (Å²) in [5.74, 6) is 1.56. The van der Waals surface area contributed by atoms with Crippen molar-refractivity contribution in [2.45, 2.75) is 57.9 Å². The van der Waals surface area contributed by atoms with Crippen LogP contribution in [0.3, 0.4) is 0 Å². The summed E-state index contributed by atoms with van der Waals surface area (Å²) in [4.78, 5) is 4.89. The minimum atomic E-state index is -3.22. The van der Waals surface area contributed by atoms with E-state index in [1.807, 2.05) is 13.0 Å². The molecule has 7 heteroatoms. The maximum Gasteiger partial charge on any atom is 0.191 e. The summed E-state index contributed by atoms with van der Waals surface area (Å²) in [5.41, 5.74) is 0. The van der Waals surface area contributed by atoms with Crippen molar-refractivity contribution < 1.29 is 8.42 Å². The van der Waals surface area contributed by atoms with Gasteiger partial charge in [-0.3, -0.25) is 4.99 Å². The Bertz CT molecular complexity index is 619. The number of sulfone groups is 1. The minimum Gasteiger partial charge on any atom is -0.357 e. The van der Waals surface area contributed by atoms with E-state index in [4.69, 9.17) is 0 Å². The van der Waals surface area contributed by atoms with Gasteiger partial charge in [-0.1, -0.05) is 32.0 Å². The van der Waals surface area contributed by atoms with E-state index in [-0.39, 0.29) is 29.7 Å². The fourth-order valence-corrected chi connectivity index (χ4v) is 3.72. The number of nitrogens with one attached hydrogen (secondary N) is 2. The van der Waals surface area contributed by atoms with E-state index >= 15 is 0 Å². The van der Waals surface area contributed by atoms with Gasteiger partial charge in [0, 0.05) is 19.1 Å². The van der Waals surface area contributed by atoms with Crippen molar-refractivity contribution in [1.29, 1.82) is 0 Å². The van der Waals surface area contributed by atoms with Crippen LogP contribution in [0.5, 0.6) is 0 Å². The van der Waals surface area contributed by atoms with Crippen molar-refractivity contribution in [2.24, 2.45) is 10.9 Å². The SMILES string of the molecule is CCNC(=NCCCS(=O)(=O)c1ccccc1)NC(C)CCC(C)C.I. The van der Waals surface area contributed by atoms with E-state index < -0.39 is 9.84 Å². The van der Waals surface area contributed by atoms with Crippen molar-refractivity contribution in [3.05, 3.63) is 30.3 Å². The maximum atomic E-state index is 12.2. The lowest BCUT2D eigenvalue weighted by atomic mass is 10.0. The zero-order valence-electron chi connectivity index (χ0n) is 16.4. The molecule has 1 unspecified atom stereocenters. The highest BCUT2D eigenvalue weighted by Gasteiger charge is 2.13. The first-order chi connectivity index (χ1) is 11.8. The van der Waals surface area contributed by atoms with Crippen LogP contribution in [-0.4, -0.2) is 39.3 Å². The monoisotopic (exact) mass is 495 g/mol. The minimum absolute atomic E-state index is 0. The molecule has 0 aliphatic carbocycles. The molecule has 0 saturated heterocycles. The average molecular weight is 495 g/mol. The standard InChI is InChI=1S/C19H33N3O2S.HI/c1-5-20-19(22-17(4)13-12-16(2)3)21-14-9-15-25(23,24)18-10-7-6-8-11-18;/h6-8,10-11,16-17H,5,9,12-15H2,1-4H3,(H2,20,21,22);1H. The fraction of sp³-hybridized carbons (Fsp3) is 0.632. The van der Waals surface area contributed by atoms with Crippen LogP contribution in [0, 0.1) is 5.92 Å². The molecule has 0 bridgehead atoms. The average Bonchev–Trinajstić information content (AvgIpc) is 2.58. The normalized spacial score (nSPS) is 13.2. The molecule has 150 valence electrons. The molecule has 26 heavy (non-hydrogen) atoms. The number of guanidine groups is 1. The largest absolute Gasteiger partial charge is 0.357 e. The lowest BCUT2D eigenvalue weighted by molar-refractivity contribution is 0.489. The lowest BCUT2D eigenvalue weighted by Gasteiger charge is -2.18. The predicted octanol–water partition coefficient (Wildman–Crippen LogP) is 3.85. The molecule has 1 aromatic carbocycles. The van der Waals surface area contributed by atoms with Gasteiger partial charge in [-0.25, -0.2) is 8.42 Å². The first-order valence-electron chi connectivity index (χ1n) is 9.17. The van der Waals surface area contributed by atoms with Gasteiger partial charge in [-0.05, 0) is 51.2 Å². The van der Waals surface area contributed by atoms with E-state index in [0.29, 0.717) is 29.8 Å². The highest BCUT2D eigenvalue weighted by molar-refractivity contribution is 14.0. The Labute approximate surface area is 176 Å². The Morgan fingerprint density at radius 1 is 1.12 bits per heavy atom. The van der Waals surface area contributed by atoms with E-state index in [0.717, 1.165) is 18.9 Å². The van der Waals surface area contributed by atoms with Crippen LogP contribution in [0.1, 0.15) is 47.0 Å². The smallest absolute Gasteiger partial charge is 0.191 e. The third kappa shape index (κ3) is 10.4. The van der Waals surface area contributed by atoms with Gasteiger partial charge in [-0.2, -0.15) is 0 Å². The highest BCUT2D eigenvalue weighted by Crippen LogP contribution is 2.11. The Hall–Kier alpha value is -0.830. The van der Waals surface area contributed by atoms with Crippen LogP contribution < -0.4 is 10.6 Å². The van der Waals surface area contributed by atoms with Gasteiger partial charge < -0.3 is 10.6 Å². The quantitative estimate of drug-likeness (QED) is 0.224. The zero-order chi connectivity index (χ0) is 18.7. The van der Waals surface area contributed by atoms with Crippen molar-refractivity contribution >= 4 is 39.8 Å². The molecule has 0 aliphatic heterocycles. The Kier molecular flexibility index (Phi) is 12.9. The molecule has 2 N–H and O–H groups in total. The van der Waals surface area contributed by atoms with Crippen molar-refractivity contribution in [1.82, 2.24) is 10.6 Å². The maximum absolute atomic E-state index is 12.2. The number of hydrogen-bond acceptors (Lipinski definition) is 3. The van der Waals surface area contributed by atoms with E-state index in [9.17, 15) is 8.42 Å². The number of nitrogens with zero attached hydrogens (tertiary/aromatic N) is 1. The summed E-state index contributed by atoms with van der Waals surface area (Å²) in [5, 5.41) is 6.61. The first-order valence-corrected chi connectivity index (χ1v) is 10.8. The first kappa shape index (κ1) is 25.2. The summed E-state index contributed by atoms with van der Waals surface area (Å²) < 4.78 is 24.5. The molecule has 1 rings (SSSR count). The molecule has 5 nitrogen and oxygen atoms in total. The van der Waals surface area contributed by atoms with Crippen LogP contribution >= 0.6 is 24.0 Å². The van der Waals surface area contributed by atoms with Crippen molar-refractivity contribution in [3.63, 3.8) is 0 Å². The van der Waals surface area contributed by atoms with Gasteiger partial charge in [0.15, 0.2) is 15.8 Å². The number of hydrogen-bond donors (Lipinski definition) is 2. The molecule has 0 spiro atoms. The summed E-state index contributed by atoms with van der Waals surface area (Å²) in [7, 11) is -3.22. The van der Waals surface area contributed by atoms with Gasteiger partial charge in [0.05, 0.1) is 10.6 Å². The van der Waals surface area contributed by atoms with Crippen LogP contribution in [0.15, 0.2) is 40.2 Å². The van der Waals surface area contributed by atoms with E-state index in [2.05, 4.69) is 36.4 Å². The van der Waals surface area contributed by atoms with Gasteiger partial charge in [0.2, 0.25) is 0 Å². The summed E-state index contributed by atoms with van der Waals surface area (Å²) in [6.07, 6.45) is 2.77. The Morgan fingerprint density at radius 2 is 1.77 bits per heavy atom. The molecule has 0 saturated carbocycles. The van der Waals surface area contributed by atoms with Gasteiger partial charge >= 0.3 is 0 Å². The molecule has 0 aromatic heterocycles. The van der Waals surface area contributed by atoms with Gasteiger partial charge in [-0.15, -0.1) is 24.0 Å². The summed E-state index contributed by atoms with van der Waals surface area (Å²) in [6.45, 7) is 9.88. The predicted molar refractivity (Wildman–Crippen MR) is 121 cm³/mol. The molecule has 0 fully saturated rings. The van der Waals surface area contributed by atoms with E-state index in [1.165, 1.54) is 6.42 Å². The number of benzene rings is 1. The number of aliphatic imine (C=N–C) groups is 1. The third-order valence-electron chi connectivity index (χ3n) is 3.85. The van der Waals surface area contributed by atoms with Gasteiger partial charge in [0.1, 0.15) is 0 Å². The summed E-state index contributed by atoms with van der Waals surface area (Å²) in [6, 6.07) is 8.93. The van der Waals surface area contributed by atoms with Gasteiger partial charge in [0.25, 0.3) is 0 Å². The molecule has 1 aromatic rings. The van der Waals surface area contributed by atoms with Crippen LogP contribution in [-0.2, 0) is 9.84 Å². The second-order valence-corrected chi connectivity index (χ2v) is 8.87. The molecule has 0 aliphatic rings. The summed E-state index contributed by atoms with van der Waals surface area (Å²) >= 11 is 0. The van der Waals surface area contributed by atoms with Crippen LogP contribution in [0.4, 0.5) is 0 Å². The molecule has 0 radical (unpaired) electrons. The topological polar surface area (TPSA) is 70.6 Å². The zero-order valence-corrected chi connectivity index (χ0v) is 19.5.